The van der Waals surface area contributed by atoms with E-state index in [-0.39, 0.29) is 0 Å². The molecule has 0 aliphatic rings. The Morgan fingerprint density at radius 2 is 1.73 bits per heavy atom. The highest BCUT2D eigenvalue weighted by Crippen LogP contribution is 2.10. The maximum Gasteiger partial charge on any atom is 0.308 e. The second kappa shape index (κ2) is 5.38. The highest BCUT2D eigenvalue weighted by molar-refractivity contribution is 7.60. The van der Waals surface area contributed by atoms with E-state index >= 15 is 0 Å². The van der Waals surface area contributed by atoms with Crippen LogP contribution in [0.4, 0.5) is 0 Å². The van der Waals surface area contributed by atoms with E-state index in [9.17, 15) is 0 Å². The molecule has 1 heterocycles. The monoisotopic (exact) mass is 243 g/mol. The number of nitrogens with zero attached hydrogens (tertiary/aromatic N) is 2. The van der Waals surface area contributed by atoms with Crippen LogP contribution >= 0.6 is 11.6 Å². The average Bonchev–Trinajstić information content (AvgIpc) is 2.16. The first-order valence-corrected chi connectivity index (χ1v) is 5.22. The van der Waals surface area contributed by atoms with Crippen molar-refractivity contribution in [2.45, 2.75) is 0 Å². The Kier molecular flexibility index (Phi) is 4.14. The first-order valence-electron chi connectivity index (χ1n) is 3.77. The molecular weight excluding hydrogens is 238 g/mol. The lowest BCUT2D eigenvalue weighted by Crippen LogP contribution is -1.81. The summed E-state index contributed by atoms with van der Waals surface area (Å²) >= 11 is 5.65. The zero-order chi connectivity index (χ0) is 11.3. The van der Waals surface area contributed by atoms with Crippen LogP contribution in [0.25, 0.3) is 11.0 Å². The number of nitrogens with one attached hydrogen (secondary N) is 1. The van der Waals surface area contributed by atoms with Crippen LogP contribution in [0.3, 0.4) is 0 Å². The van der Waals surface area contributed by atoms with Crippen molar-refractivity contribution in [3.8, 4) is 0 Å². The average molecular weight is 244 g/mol. The van der Waals surface area contributed by atoms with Gasteiger partial charge in [-0.25, -0.2) is 4.98 Å². The summed E-state index contributed by atoms with van der Waals surface area (Å²) < 4.78 is 22.8. The standard InChI is InChI=1S/C8H5ClN2.HNO2S/c9-8-5-10-6-3-1-2-4-7(6)11-8;1-4(2)3/h1-5H;1H. The molecule has 2 aromatic rings. The summed E-state index contributed by atoms with van der Waals surface area (Å²) in [5.74, 6) is 0. The zero-order valence-corrected chi connectivity index (χ0v) is 8.96. The van der Waals surface area contributed by atoms with Crippen LogP contribution in [-0.2, 0) is 10.5 Å². The summed E-state index contributed by atoms with van der Waals surface area (Å²) in [5.41, 5.74) is 1.71. The van der Waals surface area contributed by atoms with Gasteiger partial charge in [0.2, 0.25) is 0 Å². The van der Waals surface area contributed by atoms with Gasteiger partial charge in [0.1, 0.15) is 5.15 Å². The van der Waals surface area contributed by atoms with Crippen molar-refractivity contribution in [2.75, 3.05) is 0 Å². The van der Waals surface area contributed by atoms with E-state index in [0.717, 1.165) is 11.0 Å². The van der Waals surface area contributed by atoms with Gasteiger partial charge < -0.3 is 0 Å². The van der Waals surface area contributed by atoms with Crippen molar-refractivity contribution in [1.82, 2.24) is 9.97 Å². The van der Waals surface area contributed by atoms with Gasteiger partial charge in [0.15, 0.2) is 0 Å². The largest absolute Gasteiger partial charge is 0.308 e. The number of hydrogen-bond donors (Lipinski definition) is 1. The Morgan fingerprint density at radius 3 is 2.33 bits per heavy atom. The number of rotatable bonds is 0. The molecule has 0 aliphatic heterocycles. The molecule has 15 heavy (non-hydrogen) atoms. The van der Waals surface area contributed by atoms with Crippen molar-refractivity contribution in [3.63, 3.8) is 0 Å². The molecule has 5 nitrogen and oxygen atoms in total. The van der Waals surface area contributed by atoms with Gasteiger partial charge in [-0.05, 0) is 12.1 Å². The Balaban J connectivity index is 0.000000245. The summed E-state index contributed by atoms with van der Waals surface area (Å²) in [5, 5.41) is 0.434. The van der Waals surface area contributed by atoms with Crippen LogP contribution in [0.2, 0.25) is 5.15 Å². The quantitative estimate of drug-likeness (QED) is 0.766. The van der Waals surface area contributed by atoms with Gasteiger partial charge >= 0.3 is 10.5 Å². The number of benzene rings is 1. The lowest BCUT2D eigenvalue weighted by Gasteiger charge is -1.93. The lowest BCUT2D eigenvalue weighted by atomic mass is 10.3. The van der Waals surface area contributed by atoms with Gasteiger partial charge in [-0.2, -0.15) is 13.2 Å². The second-order valence-electron chi connectivity index (χ2n) is 2.42. The molecule has 2 rings (SSSR count). The van der Waals surface area contributed by atoms with Crippen LogP contribution in [0.15, 0.2) is 30.5 Å². The maximum absolute atomic E-state index is 8.67. The van der Waals surface area contributed by atoms with E-state index in [4.69, 9.17) is 24.8 Å². The van der Waals surface area contributed by atoms with Gasteiger partial charge in [0, 0.05) is 0 Å². The number of hydrogen-bond acceptors (Lipinski definition) is 5. The molecule has 0 saturated carbocycles. The molecular formula is C8H6ClN3O2S. The lowest BCUT2D eigenvalue weighted by molar-refractivity contribution is 0.620. The molecule has 0 aliphatic carbocycles. The minimum absolute atomic E-state index is 0.434. The van der Waals surface area contributed by atoms with E-state index in [1.54, 1.807) is 6.20 Å². The highest BCUT2D eigenvalue weighted by atomic mass is 35.5. The molecule has 1 aromatic heterocycles. The fourth-order valence-corrected chi connectivity index (χ4v) is 1.07. The van der Waals surface area contributed by atoms with Crippen LogP contribution < -0.4 is 0 Å². The van der Waals surface area contributed by atoms with Gasteiger partial charge in [0.05, 0.1) is 17.2 Å². The summed E-state index contributed by atoms with van der Waals surface area (Å²) in [4.78, 5) is 8.16. The van der Waals surface area contributed by atoms with Crippen molar-refractivity contribution in [2.24, 2.45) is 0 Å². The number of fused-ring (bicyclic) bond motifs is 1. The van der Waals surface area contributed by atoms with Gasteiger partial charge in [-0.15, -0.1) is 0 Å². The zero-order valence-electron chi connectivity index (χ0n) is 7.38. The van der Waals surface area contributed by atoms with Crippen molar-refractivity contribution in [3.05, 3.63) is 35.6 Å². The normalized spacial score (nSPS) is 9.13. The second-order valence-corrected chi connectivity index (χ2v) is 3.27. The summed E-state index contributed by atoms with van der Waals surface area (Å²) in [7, 11) is -2.61. The molecule has 0 saturated heterocycles. The molecule has 0 fully saturated rings. The predicted molar refractivity (Wildman–Crippen MR) is 56.2 cm³/mol. The van der Waals surface area contributed by atoms with E-state index in [2.05, 4.69) is 9.97 Å². The Morgan fingerprint density at radius 1 is 1.20 bits per heavy atom. The molecule has 0 radical (unpaired) electrons. The third kappa shape index (κ3) is 4.01. The topological polar surface area (TPSA) is 83.8 Å². The molecule has 0 bridgehead atoms. The van der Waals surface area contributed by atoms with Crippen molar-refractivity contribution >= 4 is 33.1 Å². The summed E-state index contributed by atoms with van der Waals surface area (Å²) in [6.07, 6.45) is 1.55. The first-order chi connectivity index (χ1) is 7.09. The van der Waals surface area contributed by atoms with Gasteiger partial charge in [-0.1, -0.05) is 23.7 Å². The maximum atomic E-state index is 8.67. The molecule has 1 aromatic carbocycles. The molecule has 0 atom stereocenters. The Hall–Kier alpha value is -1.53. The summed E-state index contributed by atoms with van der Waals surface area (Å²) in [6.45, 7) is 0. The molecule has 78 valence electrons. The first kappa shape index (κ1) is 11.5. The third-order valence-corrected chi connectivity index (χ3v) is 1.60. The minimum Gasteiger partial charge on any atom is -0.251 e. The van der Waals surface area contributed by atoms with E-state index < -0.39 is 10.5 Å². The number of aromatic nitrogens is 2. The highest BCUT2D eigenvalue weighted by Gasteiger charge is 1.93. The van der Waals surface area contributed by atoms with Gasteiger partial charge in [-0.3, -0.25) is 4.98 Å². The number of halogens is 1. The summed E-state index contributed by atoms with van der Waals surface area (Å²) in [6, 6.07) is 7.62. The van der Waals surface area contributed by atoms with Gasteiger partial charge in [0.25, 0.3) is 0 Å². The predicted octanol–water partition coefficient (Wildman–Crippen LogP) is 1.91. The fraction of sp³-hybridized carbons (Fsp3) is 0. The Labute approximate surface area is 92.2 Å². The third-order valence-electron chi connectivity index (χ3n) is 1.42. The minimum atomic E-state index is -2.61. The van der Waals surface area contributed by atoms with Crippen molar-refractivity contribution < 1.29 is 8.42 Å². The van der Waals surface area contributed by atoms with Crippen molar-refractivity contribution in [1.29, 1.82) is 4.78 Å². The number of para-hydroxylation sites is 2. The van der Waals surface area contributed by atoms with Crippen LogP contribution in [0.1, 0.15) is 0 Å². The SMILES string of the molecule is Clc1cnc2ccccc2n1.N=S(=O)=O. The molecule has 0 unspecified atom stereocenters. The van der Waals surface area contributed by atoms with Crippen LogP contribution in [-0.4, -0.2) is 18.4 Å². The Bertz CT molecular complexity index is 563. The molecule has 7 heteroatoms. The smallest absolute Gasteiger partial charge is 0.251 e. The molecule has 0 spiro atoms. The van der Waals surface area contributed by atoms with E-state index in [1.807, 2.05) is 24.3 Å². The molecule has 0 amide bonds. The fourth-order valence-electron chi connectivity index (χ4n) is 0.935. The van der Waals surface area contributed by atoms with E-state index in [0.29, 0.717) is 5.15 Å². The van der Waals surface area contributed by atoms with E-state index in [1.165, 1.54) is 0 Å². The van der Waals surface area contributed by atoms with Crippen LogP contribution in [0, 0.1) is 4.78 Å². The molecule has 1 N–H and O–H groups in total. The van der Waals surface area contributed by atoms with Crippen LogP contribution in [0.5, 0.6) is 0 Å².